The van der Waals surface area contributed by atoms with E-state index >= 15 is 0 Å². The number of nitrogens with zero attached hydrogens (tertiary/aromatic N) is 1. The molecule has 1 atom stereocenters. The van der Waals surface area contributed by atoms with Gasteiger partial charge in [0.25, 0.3) is 0 Å². The average Bonchev–Trinajstić information content (AvgIpc) is 3.01. The van der Waals surface area contributed by atoms with Crippen molar-refractivity contribution >= 4 is 5.69 Å². The van der Waals surface area contributed by atoms with Crippen molar-refractivity contribution in [3.05, 3.63) is 84.4 Å². The molecule has 0 saturated heterocycles. The van der Waals surface area contributed by atoms with Gasteiger partial charge < -0.3 is 10.3 Å². The second-order valence-electron chi connectivity index (χ2n) is 4.35. The van der Waals surface area contributed by atoms with E-state index in [1.807, 2.05) is 42.6 Å². The van der Waals surface area contributed by atoms with Gasteiger partial charge in [-0.15, -0.1) is 0 Å². The summed E-state index contributed by atoms with van der Waals surface area (Å²) in [5.74, 6) is 0. The summed E-state index contributed by atoms with van der Waals surface area (Å²) in [6.45, 7) is 0. The summed E-state index contributed by atoms with van der Waals surface area (Å²) in [5.41, 5.74) is 3.26. The second-order valence-corrected chi connectivity index (χ2v) is 4.35. The molecule has 3 aromatic rings. The number of aromatic amines is 1. The minimum atomic E-state index is 0.0508. The van der Waals surface area contributed by atoms with Gasteiger partial charge in [0.05, 0.1) is 18.1 Å². The molecule has 0 radical (unpaired) electrons. The standard InChI is InChI=1S/C16H15N3/c1-3-7-13(8-4-1)16(15-11-17-12-18-15)19-14-9-5-2-6-10-14/h1-12,16,19H,(H,17,18). The summed E-state index contributed by atoms with van der Waals surface area (Å²) >= 11 is 0. The molecule has 0 aliphatic heterocycles. The largest absolute Gasteiger partial charge is 0.373 e. The monoisotopic (exact) mass is 249 g/mol. The van der Waals surface area contributed by atoms with Crippen molar-refractivity contribution < 1.29 is 0 Å². The normalized spacial score (nSPS) is 12.0. The number of nitrogens with one attached hydrogen (secondary N) is 2. The molecule has 1 heterocycles. The van der Waals surface area contributed by atoms with Crippen LogP contribution in [0.15, 0.2) is 73.2 Å². The number of para-hydroxylation sites is 1. The quantitative estimate of drug-likeness (QED) is 0.741. The van der Waals surface area contributed by atoms with Crippen LogP contribution in [0, 0.1) is 0 Å². The topological polar surface area (TPSA) is 40.7 Å². The summed E-state index contributed by atoms with van der Waals surface area (Å²) in [4.78, 5) is 7.39. The molecule has 0 amide bonds. The second kappa shape index (κ2) is 5.40. The number of H-pyrrole nitrogens is 1. The van der Waals surface area contributed by atoms with Crippen molar-refractivity contribution in [3.63, 3.8) is 0 Å². The van der Waals surface area contributed by atoms with Crippen LogP contribution in [0.1, 0.15) is 17.3 Å². The molecule has 0 spiro atoms. The van der Waals surface area contributed by atoms with E-state index in [9.17, 15) is 0 Å². The van der Waals surface area contributed by atoms with Crippen molar-refractivity contribution in [3.8, 4) is 0 Å². The number of hydrogen-bond acceptors (Lipinski definition) is 2. The predicted octanol–water partition coefficient (Wildman–Crippen LogP) is 3.61. The Morgan fingerprint density at radius 3 is 2.21 bits per heavy atom. The first-order valence-corrected chi connectivity index (χ1v) is 6.29. The lowest BCUT2D eigenvalue weighted by Gasteiger charge is -2.18. The van der Waals surface area contributed by atoms with Gasteiger partial charge in [0.2, 0.25) is 0 Å². The summed E-state index contributed by atoms with van der Waals surface area (Å²) in [5, 5.41) is 3.52. The van der Waals surface area contributed by atoms with Crippen LogP contribution in [-0.4, -0.2) is 9.97 Å². The number of imidazole rings is 1. The number of aromatic nitrogens is 2. The maximum Gasteiger partial charge on any atom is 0.0955 e. The number of rotatable bonds is 4. The lowest BCUT2D eigenvalue weighted by Crippen LogP contribution is -2.12. The Morgan fingerprint density at radius 1 is 0.895 bits per heavy atom. The molecule has 94 valence electrons. The first kappa shape index (κ1) is 11.5. The van der Waals surface area contributed by atoms with Crippen molar-refractivity contribution in [1.29, 1.82) is 0 Å². The van der Waals surface area contributed by atoms with E-state index in [4.69, 9.17) is 0 Å². The Kier molecular flexibility index (Phi) is 3.28. The van der Waals surface area contributed by atoms with Gasteiger partial charge in [-0.2, -0.15) is 0 Å². The van der Waals surface area contributed by atoms with Gasteiger partial charge in [0.15, 0.2) is 0 Å². The third-order valence-corrected chi connectivity index (χ3v) is 3.03. The Bertz CT molecular complexity index is 603. The zero-order valence-corrected chi connectivity index (χ0v) is 10.5. The fraction of sp³-hybridized carbons (Fsp3) is 0.0625. The summed E-state index contributed by atoms with van der Waals surface area (Å²) in [7, 11) is 0. The highest BCUT2D eigenvalue weighted by atomic mass is 15.0. The molecule has 3 heteroatoms. The molecule has 0 aliphatic rings. The molecule has 1 aromatic heterocycles. The molecule has 19 heavy (non-hydrogen) atoms. The Hall–Kier alpha value is -2.55. The van der Waals surface area contributed by atoms with Gasteiger partial charge in [0, 0.05) is 11.9 Å². The molecule has 0 aliphatic carbocycles. The van der Waals surface area contributed by atoms with E-state index in [1.165, 1.54) is 5.56 Å². The van der Waals surface area contributed by atoms with Crippen molar-refractivity contribution in [2.45, 2.75) is 6.04 Å². The Labute approximate surface area is 112 Å². The van der Waals surface area contributed by atoms with E-state index in [2.05, 4.69) is 39.6 Å². The average molecular weight is 249 g/mol. The van der Waals surface area contributed by atoms with Crippen LogP contribution in [-0.2, 0) is 0 Å². The smallest absolute Gasteiger partial charge is 0.0955 e. The summed E-state index contributed by atoms with van der Waals surface area (Å²) in [6, 6.07) is 20.5. The van der Waals surface area contributed by atoms with Crippen molar-refractivity contribution in [2.75, 3.05) is 5.32 Å². The van der Waals surface area contributed by atoms with Crippen molar-refractivity contribution in [1.82, 2.24) is 9.97 Å². The third-order valence-electron chi connectivity index (χ3n) is 3.03. The Balaban J connectivity index is 1.94. The molecule has 0 fully saturated rings. The first-order chi connectivity index (χ1) is 9.43. The van der Waals surface area contributed by atoms with Gasteiger partial charge >= 0.3 is 0 Å². The van der Waals surface area contributed by atoms with Gasteiger partial charge in [-0.05, 0) is 17.7 Å². The molecule has 0 bridgehead atoms. The number of anilines is 1. The van der Waals surface area contributed by atoms with Gasteiger partial charge in [-0.3, -0.25) is 0 Å². The minimum absolute atomic E-state index is 0.0508. The molecule has 3 rings (SSSR count). The highest BCUT2D eigenvalue weighted by Crippen LogP contribution is 2.24. The maximum absolute atomic E-state index is 4.37. The van der Waals surface area contributed by atoms with Crippen LogP contribution in [0.25, 0.3) is 0 Å². The van der Waals surface area contributed by atoms with Gasteiger partial charge in [-0.25, -0.2) is 4.98 Å². The third kappa shape index (κ3) is 2.65. The molecule has 3 nitrogen and oxygen atoms in total. The fourth-order valence-electron chi connectivity index (χ4n) is 2.10. The minimum Gasteiger partial charge on any atom is -0.373 e. The van der Waals surface area contributed by atoms with Crippen LogP contribution in [0.4, 0.5) is 5.69 Å². The number of hydrogen-bond donors (Lipinski definition) is 2. The maximum atomic E-state index is 4.37. The van der Waals surface area contributed by atoms with Crippen LogP contribution < -0.4 is 5.32 Å². The Morgan fingerprint density at radius 2 is 1.58 bits per heavy atom. The molecule has 2 aromatic carbocycles. The van der Waals surface area contributed by atoms with E-state index in [-0.39, 0.29) is 6.04 Å². The highest BCUT2D eigenvalue weighted by molar-refractivity contribution is 5.47. The first-order valence-electron chi connectivity index (χ1n) is 6.29. The van der Waals surface area contributed by atoms with Crippen LogP contribution >= 0.6 is 0 Å². The molecule has 0 saturated carbocycles. The summed E-state index contributed by atoms with van der Waals surface area (Å²) < 4.78 is 0. The van der Waals surface area contributed by atoms with E-state index in [1.54, 1.807) is 6.33 Å². The SMILES string of the molecule is c1ccc(NC(c2ccccc2)c2c[nH]cn2)cc1. The fourth-order valence-corrected chi connectivity index (χ4v) is 2.10. The summed E-state index contributed by atoms with van der Waals surface area (Å²) in [6.07, 6.45) is 3.63. The van der Waals surface area contributed by atoms with Crippen LogP contribution in [0.2, 0.25) is 0 Å². The zero-order valence-electron chi connectivity index (χ0n) is 10.5. The highest BCUT2D eigenvalue weighted by Gasteiger charge is 2.15. The molecular formula is C16H15N3. The molecular weight excluding hydrogens is 234 g/mol. The van der Waals surface area contributed by atoms with E-state index in [0.29, 0.717) is 0 Å². The molecule has 2 N–H and O–H groups in total. The van der Waals surface area contributed by atoms with Gasteiger partial charge in [0.1, 0.15) is 0 Å². The van der Waals surface area contributed by atoms with E-state index < -0.39 is 0 Å². The lowest BCUT2D eigenvalue weighted by atomic mass is 10.0. The van der Waals surface area contributed by atoms with Crippen molar-refractivity contribution in [2.24, 2.45) is 0 Å². The lowest BCUT2D eigenvalue weighted by molar-refractivity contribution is 0.899. The predicted molar refractivity (Wildman–Crippen MR) is 76.9 cm³/mol. The number of benzene rings is 2. The van der Waals surface area contributed by atoms with E-state index in [0.717, 1.165) is 11.4 Å². The molecule has 1 unspecified atom stereocenters. The van der Waals surface area contributed by atoms with Crippen LogP contribution in [0.5, 0.6) is 0 Å². The van der Waals surface area contributed by atoms with Crippen LogP contribution in [0.3, 0.4) is 0 Å². The zero-order chi connectivity index (χ0) is 12.9. The van der Waals surface area contributed by atoms with Gasteiger partial charge in [-0.1, -0.05) is 48.5 Å².